The molecular formula is C17H18O3. The fourth-order valence-electron chi connectivity index (χ4n) is 2.70. The van der Waals surface area contributed by atoms with E-state index in [0.717, 1.165) is 24.2 Å². The molecule has 0 aliphatic carbocycles. The van der Waals surface area contributed by atoms with Gasteiger partial charge in [0.1, 0.15) is 11.5 Å². The van der Waals surface area contributed by atoms with E-state index in [4.69, 9.17) is 4.74 Å². The number of hydrogen-bond acceptors (Lipinski definition) is 3. The average molecular weight is 270 g/mol. The molecule has 20 heavy (non-hydrogen) atoms. The molecule has 0 bridgehead atoms. The molecule has 1 heterocycles. The Balaban J connectivity index is 2.02. The average Bonchev–Trinajstić information content (AvgIpc) is 3.24. The van der Waals surface area contributed by atoms with Crippen LogP contribution in [0.15, 0.2) is 48.5 Å². The number of epoxide rings is 1. The van der Waals surface area contributed by atoms with Crippen molar-refractivity contribution in [3.8, 4) is 11.5 Å². The third-order valence-electron chi connectivity index (χ3n) is 4.05. The maximum Gasteiger partial charge on any atom is 0.115 e. The van der Waals surface area contributed by atoms with E-state index in [-0.39, 0.29) is 16.9 Å². The van der Waals surface area contributed by atoms with Gasteiger partial charge in [-0.25, -0.2) is 0 Å². The van der Waals surface area contributed by atoms with Gasteiger partial charge in [0.05, 0.1) is 12.7 Å². The van der Waals surface area contributed by atoms with E-state index in [1.807, 2.05) is 24.3 Å². The van der Waals surface area contributed by atoms with Crippen molar-refractivity contribution in [2.24, 2.45) is 0 Å². The second kappa shape index (κ2) is 4.84. The molecule has 3 rings (SSSR count). The van der Waals surface area contributed by atoms with Gasteiger partial charge in [0.25, 0.3) is 0 Å². The van der Waals surface area contributed by atoms with E-state index in [1.54, 1.807) is 24.3 Å². The van der Waals surface area contributed by atoms with Crippen molar-refractivity contribution in [2.75, 3.05) is 6.61 Å². The molecule has 1 fully saturated rings. The zero-order chi connectivity index (χ0) is 14.2. The Morgan fingerprint density at radius 3 is 1.70 bits per heavy atom. The van der Waals surface area contributed by atoms with Gasteiger partial charge < -0.3 is 14.9 Å². The topological polar surface area (TPSA) is 53.0 Å². The Hall–Kier alpha value is -2.00. The second-order valence-electron chi connectivity index (χ2n) is 5.59. The summed E-state index contributed by atoms with van der Waals surface area (Å²) < 4.78 is 5.40. The fraction of sp³-hybridized carbons (Fsp3) is 0.294. The van der Waals surface area contributed by atoms with Crippen LogP contribution in [0.3, 0.4) is 0 Å². The summed E-state index contributed by atoms with van der Waals surface area (Å²) >= 11 is 0. The first kappa shape index (κ1) is 13.0. The molecule has 2 aromatic rings. The van der Waals surface area contributed by atoms with Crippen molar-refractivity contribution in [2.45, 2.75) is 24.9 Å². The van der Waals surface area contributed by atoms with Crippen LogP contribution in [0.25, 0.3) is 0 Å². The van der Waals surface area contributed by atoms with E-state index >= 15 is 0 Å². The molecular weight excluding hydrogens is 252 g/mol. The number of hydrogen-bond donors (Lipinski definition) is 2. The fourth-order valence-corrected chi connectivity index (χ4v) is 2.70. The summed E-state index contributed by atoms with van der Waals surface area (Å²) in [5.41, 5.74) is 2.08. The lowest BCUT2D eigenvalue weighted by Crippen LogP contribution is -2.25. The van der Waals surface area contributed by atoms with Crippen LogP contribution in [-0.4, -0.2) is 22.9 Å². The zero-order valence-corrected chi connectivity index (χ0v) is 11.4. The molecule has 3 nitrogen and oxygen atoms in total. The molecule has 2 N–H and O–H groups in total. The van der Waals surface area contributed by atoms with E-state index in [2.05, 4.69) is 6.92 Å². The predicted molar refractivity (Wildman–Crippen MR) is 77.0 cm³/mol. The van der Waals surface area contributed by atoms with Crippen molar-refractivity contribution in [3.05, 3.63) is 59.7 Å². The minimum atomic E-state index is -0.192. The minimum absolute atomic E-state index is 0.192. The highest BCUT2D eigenvalue weighted by atomic mass is 16.6. The van der Waals surface area contributed by atoms with Gasteiger partial charge in [0.2, 0.25) is 0 Å². The molecule has 0 aromatic heterocycles. The lowest BCUT2D eigenvalue weighted by Gasteiger charge is -2.30. The van der Waals surface area contributed by atoms with Gasteiger partial charge in [-0.2, -0.15) is 0 Å². The Morgan fingerprint density at radius 1 is 0.950 bits per heavy atom. The van der Waals surface area contributed by atoms with E-state index < -0.39 is 0 Å². The molecule has 1 aliphatic rings. The van der Waals surface area contributed by atoms with E-state index in [9.17, 15) is 10.2 Å². The molecule has 1 atom stereocenters. The third kappa shape index (κ3) is 2.49. The van der Waals surface area contributed by atoms with E-state index in [0.29, 0.717) is 6.10 Å². The number of ether oxygens (including phenoxy) is 1. The highest BCUT2D eigenvalue weighted by Crippen LogP contribution is 2.40. The number of aromatic hydroxyl groups is 2. The quantitative estimate of drug-likeness (QED) is 0.839. The normalized spacial score (nSPS) is 17.9. The SMILES string of the molecule is CC(CC1CO1)(c1ccc(O)cc1)c1ccc(O)cc1. The maximum absolute atomic E-state index is 9.47. The van der Waals surface area contributed by atoms with Gasteiger partial charge >= 0.3 is 0 Å². The third-order valence-corrected chi connectivity index (χ3v) is 4.05. The standard InChI is InChI=1S/C17H18O3/c1-17(10-16-11-20-16,12-2-6-14(18)7-3-12)13-4-8-15(19)9-5-13/h2-9,16,18-19H,10-11H2,1H3. The first-order valence-corrected chi connectivity index (χ1v) is 6.78. The Bertz CT molecular complexity index is 537. The summed E-state index contributed by atoms with van der Waals surface area (Å²) in [5.74, 6) is 0.536. The first-order valence-electron chi connectivity index (χ1n) is 6.78. The molecule has 3 heteroatoms. The zero-order valence-electron chi connectivity index (χ0n) is 11.4. The number of benzene rings is 2. The van der Waals surface area contributed by atoms with Gasteiger partial charge in [0, 0.05) is 5.41 Å². The van der Waals surface area contributed by atoms with Crippen molar-refractivity contribution in [3.63, 3.8) is 0 Å². The molecule has 0 spiro atoms. The van der Waals surface area contributed by atoms with Gasteiger partial charge in [0.15, 0.2) is 0 Å². The molecule has 0 amide bonds. The molecule has 0 saturated carbocycles. The van der Waals surface area contributed by atoms with Crippen molar-refractivity contribution >= 4 is 0 Å². The summed E-state index contributed by atoms with van der Waals surface area (Å²) in [6.07, 6.45) is 1.19. The molecule has 1 unspecified atom stereocenters. The van der Waals surface area contributed by atoms with Crippen LogP contribution in [-0.2, 0) is 10.2 Å². The highest BCUT2D eigenvalue weighted by Gasteiger charge is 2.37. The molecule has 0 radical (unpaired) electrons. The van der Waals surface area contributed by atoms with Crippen molar-refractivity contribution in [1.29, 1.82) is 0 Å². The number of phenolic OH excluding ortho intramolecular Hbond substituents is 2. The smallest absolute Gasteiger partial charge is 0.115 e. The van der Waals surface area contributed by atoms with Crippen LogP contribution in [0, 0.1) is 0 Å². The minimum Gasteiger partial charge on any atom is -0.508 e. The van der Waals surface area contributed by atoms with Crippen LogP contribution >= 0.6 is 0 Å². The maximum atomic E-state index is 9.47. The molecule has 2 aromatic carbocycles. The first-order chi connectivity index (χ1) is 9.58. The van der Waals surface area contributed by atoms with Gasteiger partial charge in [-0.3, -0.25) is 0 Å². The monoisotopic (exact) mass is 270 g/mol. The molecule has 1 saturated heterocycles. The molecule has 1 aliphatic heterocycles. The summed E-state index contributed by atoms with van der Waals surface area (Å²) in [5, 5.41) is 18.9. The van der Waals surface area contributed by atoms with Crippen LogP contribution in [0.5, 0.6) is 11.5 Å². The Morgan fingerprint density at radius 2 is 1.35 bits per heavy atom. The second-order valence-corrected chi connectivity index (χ2v) is 5.59. The molecule has 104 valence electrons. The Kier molecular flexibility index (Phi) is 3.14. The lowest BCUT2D eigenvalue weighted by molar-refractivity contribution is 0.356. The van der Waals surface area contributed by atoms with Crippen LogP contribution < -0.4 is 0 Å². The number of rotatable bonds is 4. The summed E-state index contributed by atoms with van der Waals surface area (Å²) in [7, 11) is 0. The summed E-state index contributed by atoms with van der Waals surface area (Å²) in [6, 6.07) is 14.6. The van der Waals surface area contributed by atoms with Gasteiger partial charge in [-0.1, -0.05) is 31.2 Å². The van der Waals surface area contributed by atoms with Crippen LogP contribution in [0.4, 0.5) is 0 Å². The largest absolute Gasteiger partial charge is 0.508 e. The van der Waals surface area contributed by atoms with Gasteiger partial charge in [-0.15, -0.1) is 0 Å². The highest BCUT2D eigenvalue weighted by molar-refractivity contribution is 5.42. The lowest BCUT2D eigenvalue weighted by atomic mass is 9.73. The predicted octanol–water partition coefficient (Wildman–Crippen LogP) is 3.19. The van der Waals surface area contributed by atoms with Crippen LogP contribution in [0.1, 0.15) is 24.5 Å². The van der Waals surface area contributed by atoms with Crippen LogP contribution in [0.2, 0.25) is 0 Å². The number of phenols is 2. The van der Waals surface area contributed by atoms with E-state index in [1.165, 1.54) is 0 Å². The van der Waals surface area contributed by atoms with Crippen molar-refractivity contribution in [1.82, 2.24) is 0 Å². The van der Waals surface area contributed by atoms with Crippen molar-refractivity contribution < 1.29 is 14.9 Å². The Labute approximate surface area is 118 Å². The summed E-state index contributed by atoms with van der Waals surface area (Å²) in [4.78, 5) is 0. The van der Waals surface area contributed by atoms with Gasteiger partial charge in [-0.05, 0) is 41.8 Å². The summed E-state index contributed by atoms with van der Waals surface area (Å²) in [6.45, 7) is 2.99.